The number of carbonyl (C=O) groups is 3. The van der Waals surface area contributed by atoms with Gasteiger partial charge in [-0.25, -0.2) is 14.2 Å². The molecule has 9 nitrogen and oxygen atoms in total. The number of hydrogen-bond acceptors (Lipinski definition) is 5. The van der Waals surface area contributed by atoms with Crippen molar-refractivity contribution in [1.29, 1.82) is 0 Å². The highest BCUT2D eigenvalue weighted by Crippen LogP contribution is 2.49. The lowest BCUT2D eigenvalue weighted by atomic mass is 9.62. The van der Waals surface area contributed by atoms with Crippen LogP contribution in [0, 0.1) is 11.7 Å². The summed E-state index contributed by atoms with van der Waals surface area (Å²) >= 11 is 0. The fraction of sp³-hybridized carbons (Fsp3) is 0.412. The highest BCUT2D eigenvalue weighted by Gasteiger charge is 2.54. The van der Waals surface area contributed by atoms with Gasteiger partial charge in [0.15, 0.2) is 0 Å². The number of anilines is 1. The summed E-state index contributed by atoms with van der Waals surface area (Å²) in [5, 5.41) is 25.1. The van der Waals surface area contributed by atoms with E-state index in [1.165, 1.54) is 6.07 Å². The first-order chi connectivity index (χ1) is 20.9. The molecule has 0 bridgehead atoms. The van der Waals surface area contributed by atoms with Crippen molar-refractivity contribution in [1.82, 2.24) is 15.2 Å². The van der Waals surface area contributed by atoms with Crippen LogP contribution in [0.2, 0.25) is 0 Å². The maximum Gasteiger partial charge on any atom is 0.405 e. The van der Waals surface area contributed by atoms with E-state index in [4.69, 9.17) is 0 Å². The minimum Gasteiger partial charge on any atom is -0.465 e. The Bertz CT molecular complexity index is 1540. The van der Waals surface area contributed by atoms with Crippen LogP contribution in [-0.4, -0.2) is 56.7 Å². The van der Waals surface area contributed by atoms with E-state index in [9.17, 15) is 24.6 Å². The Kier molecular flexibility index (Phi) is 8.74. The van der Waals surface area contributed by atoms with Gasteiger partial charge in [-0.05, 0) is 67.3 Å². The summed E-state index contributed by atoms with van der Waals surface area (Å²) < 4.78 is 15.7. The Morgan fingerprint density at radius 3 is 2.27 bits per heavy atom. The van der Waals surface area contributed by atoms with Crippen LogP contribution < -0.4 is 10.6 Å². The quantitative estimate of drug-likeness (QED) is 0.253. The van der Waals surface area contributed by atoms with Gasteiger partial charge >= 0.3 is 6.09 Å². The molecule has 0 spiro atoms. The van der Waals surface area contributed by atoms with E-state index in [-0.39, 0.29) is 42.2 Å². The number of amides is 3. The van der Waals surface area contributed by atoms with Crippen molar-refractivity contribution in [3.05, 3.63) is 72.2 Å². The van der Waals surface area contributed by atoms with Gasteiger partial charge in [0, 0.05) is 56.6 Å². The molecule has 2 aliphatic carbocycles. The average Bonchev–Trinajstić information content (AvgIpc) is 2.96. The molecule has 2 aliphatic rings. The van der Waals surface area contributed by atoms with E-state index in [0.717, 1.165) is 36.8 Å². The zero-order valence-corrected chi connectivity index (χ0v) is 25.3. The molecule has 3 amide bonds. The molecule has 0 saturated heterocycles. The first-order valence-electron chi connectivity index (χ1n) is 15.0. The topological polar surface area (TPSA) is 132 Å². The monoisotopic (exact) mass is 602 g/mol. The number of aliphatic hydroxyl groups is 1. The van der Waals surface area contributed by atoms with Crippen LogP contribution in [0.3, 0.4) is 0 Å². The SMILES string of the molecule is CC(=O)N(C)C1CCC(CC(=O)Nc2cc(-c3ccccc3)c(-c3ccc(C4(NC(=O)O)CC(C)(O)C4)c(F)c3)cn2)CC1. The molecule has 0 radical (unpaired) electrons. The van der Waals surface area contributed by atoms with Gasteiger partial charge in [0.1, 0.15) is 11.6 Å². The predicted molar refractivity (Wildman–Crippen MR) is 165 cm³/mol. The molecule has 10 heteroatoms. The third-order valence-corrected chi connectivity index (χ3v) is 9.10. The summed E-state index contributed by atoms with van der Waals surface area (Å²) in [4.78, 5) is 42.5. The third kappa shape index (κ3) is 6.75. The predicted octanol–water partition coefficient (Wildman–Crippen LogP) is 5.93. The van der Waals surface area contributed by atoms with Crippen LogP contribution in [0.1, 0.15) is 64.4 Å². The van der Waals surface area contributed by atoms with Gasteiger partial charge < -0.3 is 25.7 Å². The minimum absolute atomic E-state index is 0.0559. The summed E-state index contributed by atoms with van der Waals surface area (Å²) in [5.41, 5.74) is 0.666. The highest BCUT2D eigenvalue weighted by molar-refractivity contribution is 5.92. The molecule has 3 aromatic rings. The van der Waals surface area contributed by atoms with Crippen LogP contribution >= 0.6 is 0 Å². The first-order valence-corrected chi connectivity index (χ1v) is 15.0. The molecule has 2 saturated carbocycles. The smallest absolute Gasteiger partial charge is 0.405 e. The second-order valence-electron chi connectivity index (χ2n) is 12.6. The zero-order valence-electron chi connectivity index (χ0n) is 25.3. The number of aromatic nitrogens is 1. The van der Waals surface area contributed by atoms with E-state index < -0.39 is 23.1 Å². The number of benzene rings is 2. The van der Waals surface area contributed by atoms with Gasteiger partial charge in [-0.2, -0.15) is 0 Å². The molecule has 0 atom stereocenters. The van der Waals surface area contributed by atoms with Crippen molar-refractivity contribution in [3.63, 3.8) is 0 Å². The maximum absolute atomic E-state index is 15.7. The molecule has 0 unspecified atom stereocenters. The fourth-order valence-electron chi connectivity index (χ4n) is 6.93. The van der Waals surface area contributed by atoms with Gasteiger partial charge in [-0.1, -0.05) is 42.5 Å². The highest BCUT2D eigenvalue weighted by atomic mass is 19.1. The fourth-order valence-corrected chi connectivity index (χ4v) is 6.93. The summed E-state index contributed by atoms with van der Waals surface area (Å²) in [6.07, 6.45) is 4.31. The van der Waals surface area contributed by atoms with Crippen molar-refractivity contribution in [2.45, 2.75) is 76.0 Å². The summed E-state index contributed by atoms with van der Waals surface area (Å²) in [5.74, 6) is -0.0383. The van der Waals surface area contributed by atoms with E-state index in [2.05, 4.69) is 15.6 Å². The molecule has 0 aliphatic heterocycles. The number of pyridine rings is 1. The van der Waals surface area contributed by atoms with Crippen LogP contribution in [0.25, 0.3) is 22.3 Å². The van der Waals surface area contributed by atoms with E-state index >= 15 is 4.39 Å². The molecule has 5 rings (SSSR count). The van der Waals surface area contributed by atoms with E-state index in [1.54, 1.807) is 43.1 Å². The van der Waals surface area contributed by atoms with E-state index in [1.807, 2.05) is 37.4 Å². The van der Waals surface area contributed by atoms with Crippen LogP contribution in [-0.2, 0) is 15.1 Å². The Morgan fingerprint density at radius 2 is 1.68 bits per heavy atom. The molecule has 1 aromatic heterocycles. The molecule has 232 valence electrons. The van der Waals surface area contributed by atoms with Crippen LogP contribution in [0.5, 0.6) is 0 Å². The van der Waals surface area contributed by atoms with E-state index in [0.29, 0.717) is 23.4 Å². The largest absolute Gasteiger partial charge is 0.465 e. The number of hydrogen-bond donors (Lipinski definition) is 4. The second-order valence-corrected chi connectivity index (χ2v) is 12.6. The summed E-state index contributed by atoms with van der Waals surface area (Å²) in [6, 6.07) is 16.2. The average molecular weight is 603 g/mol. The number of nitrogens with one attached hydrogen (secondary N) is 2. The maximum atomic E-state index is 15.7. The van der Waals surface area contributed by atoms with Gasteiger partial charge in [0.25, 0.3) is 0 Å². The minimum atomic E-state index is -1.29. The van der Waals surface area contributed by atoms with Crippen LogP contribution in [0.4, 0.5) is 15.0 Å². The summed E-state index contributed by atoms with van der Waals surface area (Å²) in [6.45, 7) is 3.17. The Labute approximate surface area is 256 Å². The Hall–Kier alpha value is -4.31. The molecule has 2 aromatic carbocycles. The number of halogens is 1. The number of nitrogens with zero attached hydrogens (tertiary/aromatic N) is 2. The molecular weight excluding hydrogens is 563 g/mol. The molecule has 4 N–H and O–H groups in total. The van der Waals surface area contributed by atoms with Crippen molar-refractivity contribution in [2.24, 2.45) is 5.92 Å². The molecular formula is C34H39FN4O5. The van der Waals surface area contributed by atoms with Crippen molar-refractivity contribution >= 4 is 23.7 Å². The lowest BCUT2D eigenvalue weighted by Crippen LogP contribution is -2.62. The van der Waals surface area contributed by atoms with Crippen LogP contribution in [0.15, 0.2) is 60.8 Å². The second kappa shape index (κ2) is 12.4. The number of carbonyl (C=O) groups excluding carboxylic acids is 2. The Balaban J connectivity index is 1.36. The third-order valence-electron chi connectivity index (χ3n) is 9.10. The summed E-state index contributed by atoms with van der Waals surface area (Å²) in [7, 11) is 1.83. The first kappa shape index (κ1) is 31.1. The van der Waals surface area contributed by atoms with Crippen molar-refractivity contribution in [2.75, 3.05) is 12.4 Å². The number of carboxylic acid groups (broad SMARTS) is 1. The molecule has 1 heterocycles. The van der Waals surface area contributed by atoms with Gasteiger partial charge in [-0.3, -0.25) is 9.59 Å². The van der Waals surface area contributed by atoms with Gasteiger partial charge in [0.05, 0.1) is 11.1 Å². The zero-order chi connectivity index (χ0) is 31.6. The van der Waals surface area contributed by atoms with Crippen molar-refractivity contribution in [3.8, 4) is 22.3 Å². The molecule has 2 fully saturated rings. The lowest BCUT2D eigenvalue weighted by molar-refractivity contribution is -0.130. The van der Waals surface area contributed by atoms with Crippen molar-refractivity contribution < 1.29 is 29.0 Å². The van der Waals surface area contributed by atoms with Gasteiger partial charge in [0.2, 0.25) is 11.8 Å². The van der Waals surface area contributed by atoms with Gasteiger partial charge in [-0.15, -0.1) is 0 Å². The molecule has 44 heavy (non-hydrogen) atoms. The number of rotatable bonds is 8. The normalized spacial score (nSPS) is 24.6. The standard InChI is InChI=1S/C34H39FN4O5/c1-21(40)39(3)25-12-9-22(10-13-25)15-31(41)37-30-17-26(23-7-5-4-6-8-23)27(18-36-30)24-11-14-28(29(35)16-24)34(38-32(42)43)19-33(2,44)20-34/h4-8,11,14,16-18,22,25,38,44H,9-10,12-13,15,19-20H2,1-3H3,(H,42,43)(H,36,37,41). The Morgan fingerprint density at radius 1 is 1.00 bits per heavy atom. The lowest BCUT2D eigenvalue weighted by Gasteiger charge is -2.51.